The van der Waals surface area contributed by atoms with Gasteiger partial charge in [-0.15, -0.1) is 0 Å². The first-order valence-electron chi connectivity index (χ1n) is 6.98. The fourth-order valence-electron chi connectivity index (χ4n) is 3.10. The van der Waals surface area contributed by atoms with E-state index in [1.165, 1.54) is 36.8 Å². The topological polar surface area (TPSA) is 9.86 Å². The van der Waals surface area contributed by atoms with Gasteiger partial charge in [-0.1, -0.05) is 24.3 Å². The minimum Gasteiger partial charge on any atom is -0.337 e. The van der Waals surface area contributed by atoms with Crippen molar-refractivity contribution in [3.05, 3.63) is 63.9 Å². The summed E-state index contributed by atoms with van der Waals surface area (Å²) in [4.78, 5) is 0. The SMILES string of the molecule is Cc1c(I)cccc1-n1c2ccccc2c2ccn(C)c21. The lowest BCUT2D eigenvalue weighted by Crippen LogP contribution is -2.01. The van der Waals surface area contributed by atoms with Crippen molar-refractivity contribution in [2.75, 3.05) is 0 Å². The molecule has 0 bridgehead atoms. The lowest BCUT2D eigenvalue weighted by atomic mass is 10.2. The standard InChI is InChI=1S/C18H15IN2/c1-12-15(19)7-5-9-16(12)21-17-8-4-3-6-13(17)14-10-11-20(2)18(14)21/h3-11H,1-2H3. The summed E-state index contributed by atoms with van der Waals surface area (Å²) in [7, 11) is 2.11. The molecular weight excluding hydrogens is 371 g/mol. The molecule has 0 atom stereocenters. The Labute approximate surface area is 137 Å². The third kappa shape index (κ3) is 1.77. The summed E-state index contributed by atoms with van der Waals surface area (Å²) in [6.45, 7) is 2.20. The molecule has 0 fully saturated rings. The number of fused-ring (bicyclic) bond motifs is 3. The van der Waals surface area contributed by atoms with Crippen molar-refractivity contribution in [2.45, 2.75) is 6.92 Å². The normalized spacial score (nSPS) is 11.6. The minimum absolute atomic E-state index is 1.25. The second-order valence-electron chi connectivity index (χ2n) is 5.40. The number of benzene rings is 2. The molecule has 2 aromatic heterocycles. The Hall–Kier alpha value is -1.75. The van der Waals surface area contributed by atoms with Crippen LogP contribution in [0.4, 0.5) is 0 Å². The molecule has 0 unspecified atom stereocenters. The quantitative estimate of drug-likeness (QED) is 0.406. The van der Waals surface area contributed by atoms with Gasteiger partial charge in [-0.2, -0.15) is 0 Å². The van der Waals surface area contributed by atoms with Gasteiger partial charge in [0.1, 0.15) is 5.65 Å². The van der Waals surface area contributed by atoms with Crippen molar-refractivity contribution in [3.63, 3.8) is 0 Å². The number of hydrogen-bond donors (Lipinski definition) is 0. The Balaban J connectivity index is 2.24. The van der Waals surface area contributed by atoms with Crippen LogP contribution in [0.15, 0.2) is 54.7 Å². The summed E-state index contributed by atoms with van der Waals surface area (Å²) in [6, 6.07) is 17.3. The number of aromatic nitrogens is 2. The molecular formula is C18H15IN2. The van der Waals surface area contributed by atoms with E-state index in [0.29, 0.717) is 0 Å². The second-order valence-corrected chi connectivity index (χ2v) is 6.56. The molecule has 3 heteroatoms. The molecule has 0 saturated heterocycles. The van der Waals surface area contributed by atoms with Crippen LogP contribution in [0.5, 0.6) is 0 Å². The monoisotopic (exact) mass is 386 g/mol. The van der Waals surface area contributed by atoms with Crippen molar-refractivity contribution >= 4 is 44.5 Å². The highest BCUT2D eigenvalue weighted by atomic mass is 127. The highest BCUT2D eigenvalue weighted by Gasteiger charge is 2.16. The molecule has 2 nitrogen and oxygen atoms in total. The van der Waals surface area contributed by atoms with Crippen molar-refractivity contribution in [3.8, 4) is 5.69 Å². The predicted molar refractivity (Wildman–Crippen MR) is 97.2 cm³/mol. The fourth-order valence-corrected chi connectivity index (χ4v) is 3.59. The summed E-state index contributed by atoms with van der Waals surface area (Å²) in [6.07, 6.45) is 2.14. The second kappa shape index (κ2) is 4.63. The van der Waals surface area contributed by atoms with Crippen LogP contribution in [0, 0.1) is 10.5 Å². The van der Waals surface area contributed by atoms with Gasteiger partial charge in [-0.25, -0.2) is 0 Å². The van der Waals surface area contributed by atoms with E-state index >= 15 is 0 Å². The van der Waals surface area contributed by atoms with Gasteiger partial charge < -0.3 is 4.57 Å². The van der Waals surface area contributed by atoms with Crippen LogP contribution in [0.2, 0.25) is 0 Å². The van der Waals surface area contributed by atoms with E-state index in [4.69, 9.17) is 0 Å². The highest BCUT2D eigenvalue weighted by Crippen LogP contribution is 2.33. The lowest BCUT2D eigenvalue weighted by Gasteiger charge is -2.12. The summed E-state index contributed by atoms with van der Waals surface area (Å²) >= 11 is 2.41. The average molecular weight is 386 g/mol. The summed E-state index contributed by atoms with van der Waals surface area (Å²) < 4.78 is 5.88. The van der Waals surface area contributed by atoms with Crippen molar-refractivity contribution in [2.24, 2.45) is 7.05 Å². The molecule has 21 heavy (non-hydrogen) atoms. The summed E-state index contributed by atoms with van der Waals surface area (Å²) in [5.41, 5.74) is 5.10. The van der Waals surface area contributed by atoms with E-state index < -0.39 is 0 Å². The van der Waals surface area contributed by atoms with Gasteiger partial charge in [0.05, 0.1) is 11.2 Å². The van der Waals surface area contributed by atoms with Gasteiger partial charge in [0.25, 0.3) is 0 Å². The van der Waals surface area contributed by atoms with E-state index in [2.05, 4.69) is 100 Å². The zero-order chi connectivity index (χ0) is 14.6. The van der Waals surface area contributed by atoms with Gasteiger partial charge in [0.15, 0.2) is 0 Å². The third-order valence-corrected chi connectivity index (χ3v) is 5.34. The number of nitrogens with zero attached hydrogens (tertiary/aromatic N) is 2. The van der Waals surface area contributed by atoms with Crippen LogP contribution in [0.3, 0.4) is 0 Å². The number of aryl methyl sites for hydroxylation is 1. The van der Waals surface area contributed by atoms with Gasteiger partial charge in [-0.3, -0.25) is 4.57 Å². The Kier molecular flexibility index (Phi) is 2.85. The Morgan fingerprint density at radius 1 is 0.905 bits per heavy atom. The van der Waals surface area contributed by atoms with Crippen LogP contribution >= 0.6 is 22.6 Å². The number of para-hydroxylation sites is 1. The van der Waals surface area contributed by atoms with Crippen LogP contribution in [-0.4, -0.2) is 9.13 Å². The van der Waals surface area contributed by atoms with Crippen LogP contribution in [-0.2, 0) is 7.05 Å². The van der Waals surface area contributed by atoms with E-state index in [1.807, 2.05) is 0 Å². The molecule has 0 spiro atoms. The number of rotatable bonds is 1. The van der Waals surface area contributed by atoms with Crippen LogP contribution in [0.1, 0.15) is 5.56 Å². The first kappa shape index (κ1) is 13.0. The van der Waals surface area contributed by atoms with E-state index in [9.17, 15) is 0 Å². The Morgan fingerprint density at radius 2 is 1.71 bits per heavy atom. The molecule has 0 N–H and O–H groups in total. The van der Waals surface area contributed by atoms with Gasteiger partial charge in [0, 0.05) is 27.6 Å². The van der Waals surface area contributed by atoms with Gasteiger partial charge in [-0.05, 0) is 59.3 Å². The fraction of sp³-hybridized carbons (Fsp3) is 0.111. The maximum absolute atomic E-state index is 2.41. The molecule has 4 aromatic rings. The Morgan fingerprint density at radius 3 is 2.57 bits per heavy atom. The number of halogens is 1. The molecule has 2 heterocycles. The largest absolute Gasteiger partial charge is 0.337 e. The van der Waals surface area contributed by atoms with E-state index in [0.717, 1.165) is 0 Å². The van der Waals surface area contributed by atoms with Crippen molar-refractivity contribution in [1.82, 2.24) is 9.13 Å². The molecule has 104 valence electrons. The zero-order valence-electron chi connectivity index (χ0n) is 12.0. The average Bonchev–Trinajstić information content (AvgIpc) is 3.01. The number of hydrogen-bond acceptors (Lipinski definition) is 0. The van der Waals surface area contributed by atoms with Crippen molar-refractivity contribution in [1.29, 1.82) is 0 Å². The van der Waals surface area contributed by atoms with Crippen LogP contribution in [0.25, 0.3) is 27.6 Å². The molecule has 0 saturated carbocycles. The van der Waals surface area contributed by atoms with Crippen LogP contribution < -0.4 is 0 Å². The molecule has 0 amide bonds. The summed E-state index contributed by atoms with van der Waals surface area (Å²) in [5, 5.41) is 2.62. The zero-order valence-corrected chi connectivity index (χ0v) is 14.1. The third-order valence-electron chi connectivity index (χ3n) is 4.17. The lowest BCUT2D eigenvalue weighted by molar-refractivity contribution is 0.924. The summed E-state index contributed by atoms with van der Waals surface area (Å²) in [5.74, 6) is 0. The molecule has 0 aliphatic carbocycles. The smallest absolute Gasteiger partial charge is 0.125 e. The Bertz CT molecular complexity index is 976. The molecule has 0 aliphatic heterocycles. The molecule has 0 radical (unpaired) electrons. The first-order valence-corrected chi connectivity index (χ1v) is 8.06. The molecule has 4 rings (SSSR count). The minimum atomic E-state index is 1.25. The molecule has 0 aliphatic rings. The maximum atomic E-state index is 2.41. The van der Waals surface area contributed by atoms with Crippen molar-refractivity contribution < 1.29 is 0 Å². The molecule has 2 aromatic carbocycles. The van der Waals surface area contributed by atoms with E-state index in [-0.39, 0.29) is 0 Å². The predicted octanol–water partition coefficient (Wildman–Crippen LogP) is 5.04. The highest BCUT2D eigenvalue weighted by molar-refractivity contribution is 14.1. The maximum Gasteiger partial charge on any atom is 0.125 e. The van der Waals surface area contributed by atoms with Gasteiger partial charge >= 0.3 is 0 Å². The van der Waals surface area contributed by atoms with Gasteiger partial charge in [0.2, 0.25) is 0 Å². The first-order chi connectivity index (χ1) is 10.2. The van der Waals surface area contributed by atoms with E-state index in [1.54, 1.807) is 0 Å².